The second-order valence-electron chi connectivity index (χ2n) is 6.19. The van der Waals surface area contributed by atoms with Crippen LogP contribution in [0.3, 0.4) is 0 Å². The van der Waals surface area contributed by atoms with Crippen LogP contribution in [0.15, 0.2) is 27.8 Å². The van der Waals surface area contributed by atoms with Gasteiger partial charge in [-0.15, -0.1) is 22.7 Å². The highest BCUT2D eigenvalue weighted by Gasteiger charge is 2.21. The number of fused-ring (bicyclic) bond motifs is 1. The molecule has 1 fully saturated rings. The van der Waals surface area contributed by atoms with Gasteiger partial charge in [0.1, 0.15) is 4.21 Å². The van der Waals surface area contributed by atoms with Crippen molar-refractivity contribution in [3.63, 3.8) is 0 Å². The van der Waals surface area contributed by atoms with E-state index in [4.69, 9.17) is 4.74 Å². The number of rotatable bonds is 5. The molecule has 8 heteroatoms. The van der Waals surface area contributed by atoms with E-state index >= 15 is 0 Å². The normalized spacial score (nSPS) is 16.7. The Kier molecular flexibility index (Phi) is 5.17. The van der Waals surface area contributed by atoms with Crippen molar-refractivity contribution in [3.8, 4) is 0 Å². The lowest BCUT2D eigenvalue weighted by Gasteiger charge is -2.19. The van der Waals surface area contributed by atoms with Crippen LogP contribution in [0.1, 0.15) is 40.4 Å². The maximum absolute atomic E-state index is 12.9. The number of anilines is 1. The molecule has 4 rings (SSSR count). The minimum atomic E-state index is -1.40. The summed E-state index contributed by atoms with van der Waals surface area (Å²) in [4.78, 5) is 15.9. The number of nitrogens with one attached hydrogen (secondary N) is 1. The van der Waals surface area contributed by atoms with E-state index < -0.39 is 11.0 Å². The number of aldehydes is 1. The molecule has 0 spiro atoms. The van der Waals surface area contributed by atoms with Gasteiger partial charge in [0.2, 0.25) is 0 Å². The number of nitrogens with zero attached hydrogens (tertiary/aromatic N) is 1. The van der Waals surface area contributed by atoms with Crippen molar-refractivity contribution in [2.24, 2.45) is 0 Å². The Morgan fingerprint density at radius 3 is 2.92 bits per heavy atom. The molecule has 1 aromatic carbocycles. The van der Waals surface area contributed by atoms with Crippen LogP contribution in [0.4, 0.5) is 5.13 Å². The van der Waals surface area contributed by atoms with Crippen molar-refractivity contribution >= 4 is 55.2 Å². The molecule has 5 nitrogen and oxygen atoms in total. The quantitative estimate of drug-likeness (QED) is 0.633. The number of aryl methyl sites for hydroxylation is 1. The smallest absolute Gasteiger partial charge is 0.195 e. The lowest BCUT2D eigenvalue weighted by Crippen LogP contribution is -2.14. The number of thiophene rings is 1. The predicted molar refractivity (Wildman–Crippen MR) is 107 cm³/mol. The van der Waals surface area contributed by atoms with Crippen molar-refractivity contribution in [2.45, 2.75) is 29.9 Å². The monoisotopic (exact) mass is 406 g/mol. The minimum Gasteiger partial charge on any atom is -0.381 e. The van der Waals surface area contributed by atoms with E-state index in [1.54, 1.807) is 6.07 Å². The lowest BCUT2D eigenvalue weighted by atomic mass is 9.98. The molecule has 2 aromatic heterocycles. The number of carbonyl (C=O) groups excluding carboxylic acids is 1. The summed E-state index contributed by atoms with van der Waals surface area (Å²) in [5, 5.41) is 3.68. The average molecular weight is 407 g/mol. The highest BCUT2D eigenvalue weighted by molar-refractivity contribution is 7.89. The Bertz CT molecular complexity index is 973. The second kappa shape index (κ2) is 7.56. The van der Waals surface area contributed by atoms with E-state index in [0.29, 0.717) is 16.6 Å². The highest BCUT2D eigenvalue weighted by atomic mass is 32.2. The van der Waals surface area contributed by atoms with Crippen LogP contribution in [0.5, 0.6) is 0 Å². The van der Waals surface area contributed by atoms with E-state index in [1.807, 2.05) is 24.4 Å². The highest BCUT2D eigenvalue weighted by Crippen LogP contribution is 2.36. The predicted octanol–water partition coefficient (Wildman–Crippen LogP) is 4.51. The Morgan fingerprint density at radius 2 is 2.15 bits per heavy atom. The zero-order valence-corrected chi connectivity index (χ0v) is 16.6. The first-order valence-electron chi connectivity index (χ1n) is 8.36. The van der Waals surface area contributed by atoms with Crippen molar-refractivity contribution in [1.82, 2.24) is 4.98 Å². The van der Waals surface area contributed by atoms with Gasteiger partial charge in [0.25, 0.3) is 0 Å². The van der Waals surface area contributed by atoms with Crippen LogP contribution in [0.2, 0.25) is 0 Å². The van der Waals surface area contributed by atoms with Gasteiger partial charge in [-0.1, -0.05) is 18.2 Å². The van der Waals surface area contributed by atoms with Gasteiger partial charge >= 0.3 is 0 Å². The van der Waals surface area contributed by atoms with Crippen molar-refractivity contribution in [2.75, 3.05) is 17.9 Å². The largest absolute Gasteiger partial charge is 0.381 e. The van der Waals surface area contributed by atoms with Gasteiger partial charge in [0.15, 0.2) is 22.4 Å². The third kappa shape index (κ3) is 3.34. The first kappa shape index (κ1) is 17.8. The summed E-state index contributed by atoms with van der Waals surface area (Å²) >= 11 is 2.88. The first-order valence-corrected chi connectivity index (χ1v) is 11.2. The molecule has 136 valence electrons. The molecule has 1 N–H and O–H groups in total. The van der Waals surface area contributed by atoms with Gasteiger partial charge in [0, 0.05) is 34.8 Å². The standard InChI is InChI=1S/C18H18N2O3S3/c1-11-14-4-2-3-13(9-21)16(14)25-17(11)26(22)20-18-19-15(10-24-18)12-5-7-23-8-6-12/h2-4,9-10,12H,5-8H2,1H3,(H,19,20). The van der Waals surface area contributed by atoms with Crippen LogP contribution in [-0.2, 0) is 15.7 Å². The van der Waals surface area contributed by atoms with Gasteiger partial charge in [-0.2, -0.15) is 0 Å². The summed E-state index contributed by atoms with van der Waals surface area (Å²) in [7, 11) is -1.40. The zero-order valence-electron chi connectivity index (χ0n) is 14.2. The number of hydrogen-bond donors (Lipinski definition) is 1. The van der Waals surface area contributed by atoms with Crippen LogP contribution in [-0.4, -0.2) is 28.7 Å². The molecule has 0 bridgehead atoms. The maximum atomic E-state index is 12.9. The molecule has 0 aliphatic carbocycles. The van der Waals surface area contributed by atoms with Crippen LogP contribution in [0, 0.1) is 6.92 Å². The molecule has 0 saturated carbocycles. The Morgan fingerprint density at radius 1 is 1.35 bits per heavy atom. The maximum Gasteiger partial charge on any atom is 0.195 e. The molecule has 1 atom stereocenters. The van der Waals surface area contributed by atoms with Crippen LogP contribution in [0.25, 0.3) is 10.1 Å². The molecular weight excluding hydrogens is 388 g/mol. The summed E-state index contributed by atoms with van der Waals surface area (Å²) < 4.78 is 22.9. The van der Waals surface area contributed by atoms with E-state index in [0.717, 1.165) is 57.9 Å². The molecule has 0 radical (unpaired) electrons. The van der Waals surface area contributed by atoms with Gasteiger partial charge in [-0.3, -0.25) is 9.52 Å². The Balaban J connectivity index is 1.57. The summed E-state index contributed by atoms with van der Waals surface area (Å²) in [6.45, 7) is 3.49. The molecule has 0 amide bonds. The van der Waals surface area contributed by atoms with Gasteiger partial charge in [0.05, 0.1) is 5.69 Å². The number of benzene rings is 1. The molecule has 26 heavy (non-hydrogen) atoms. The third-order valence-electron chi connectivity index (χ3n) is 4.59. The average Bonchev–Trinajstić information content (AvgIpc) is 3.27. The fourth-order valence-corrected chi connectivity index (χ4v) is 6.58. The molecule has 1 aliphatic heterocycles. The molecule has 1 saturated heterocycles. The molecule has 3 aromatic rings. The van der Waals surface area contributed by atoms with Gasteiger partial charge in [-0.05, 0) is 30.7 Å². The number of ether oxygens (including phenoxy) is 1. The Hall–Kier alpha value is -1.61. The third-order valence-corrected chi connectivity index (χ3v) is 8.37. The number of thiazole rings is 1. The fourth-order valence-electron chi connectivity index (χ4n) is 3.15. The van der Waals surface area contributed by atoms with Gasteiger partial charge < -0.3 is 4.74 Å². The van der Waals surface area contributed by atoms with Crippen molar-refractivity contribution in [1.29, 1.82) is 0 Å². The SMILES string of the molecule is Cc1c(S(=O)Nc2nc(C3CCOCC3)cs2)sc2c(C=O)cccc12. The minimum absolute atomic E-state index is 0.421. The van der Waals surface area contributed by atoms with Gasteiger partial charge in [-0.25, -0.2) is 9.19 Å². The molecule has 1 unspecified atom stereocenters. The van der Waals surface area contributed by atoms with E-state index in [-0.39, 0.29) is 0 Å². The lowest BCUT2D eigenvalue weighted by molar-refractivity contribution is 0.0846. The topological polar surface area (TPSA) is 68.3 Å². The first-order chi connectivity index (χ1) is 12.7. The summed E-state index contributed by atoms with van der Waals surface area (Å²) in [6, 6.07) is 5.60. The molecule has 3 heterocycles. The summed E-state index contributed by atoms with van der Waals surface area (Å²) in [5.41, 5.74) is 2.63. The summed E-state index contributed by atoms with van der Waals surface area (Å²) in [6.07, 6.45) is 2.81. The molecule has 1 aliphatic rings. The van der Waals surface area contributed by atoms with Crippen LogP contribution < -0.4 is 4.72 Å². The summed E-state index contributed by atoms with van der Waals surface area (Å²) in [5.74, 6) is 0.421. The number of carbonyl (C=O) groups is 1. The van der Waals surface area contributed by atoms with E-state index in [9.17, 15) is 9.00 Å². The van der Waals surface area contributed by atoms with Crippen molar-refractivity contribution in [3.05, 3.63) is 40.4 Å². The van der Waals surface area contributed by atoms with E-state index in [2.05, 4.69) is 9.71 Å². The number of hydrogen-bond acceptors (Lipinski definition) is 6. The second-order valence-corrected chi connectivity index (χ2v) is 9.48. The fraction of sp³-hybridized carbons (Fsp3) is 0.333. The molecular formula is C18H18N2O3S3. The Labute approximate surface area is 162 Å². The number of aromatic nitrogens is 1. The van der Waals surface area contributed by atoms with Crippen LogP contribution >= 0.6 is 22.7 Å². The van der Waals surface area contributed by atoms with Crippen molar-refractivity contribution < 1.29 is 13.7 Å². The van der Waals surface area contributed by atoms with E-state index in [1.165, 1.54) is 22.7 Å². The zero-order chi connectivity index (χ0) is 18.1.